The van der Waals surface area contributed by atoms with Crippen molar-refractivity contribution in [3.8, 4) is 0 Å². The molecule has 0 fully saturated rings. The van der Waals surface area contributed by atoms with Crippen LogP contribution in [-0.4, -0.2) is 53.1 Å². The number of hydrogen-bond acceptors (Lipinski definition) is 10. The Kier molecular flexibility index (Phi) is 7.38. The monoisotopic (exact) mass is 468 g/mol. The molecule has 0 saturated heterocycles. The van der Waals surface area contributed by atoms with E-state index in [-0.39, 0.29) is 28.3 Å². The van der Waals surface area contributed by atoms with Crippen molar-refractivity contribution in [3.63, 3.8) is 0 Å². The molecule has 0 aliphatic heterocycles. The van der Waals surface area contributed by atoms with E-state index >= 15 is 0 Å². The molecular formula is C19H20N2O10S. The minimum absolute atomic E-state index is 0.0231. The predicted octanol–water partition coefficient (Wildman–Crippen LogP) is 0.913. The maximum Gasteiger partial charge on any atom is 0.343 e. The number of benzene rings is 1. The Morgan fingerprint density at radius 2 is 1.47 bits per heavy atom. The lowest BCUT2D eigenvalue weighted by Crippen LogP contribution is -2.23. The number of aryl methyl sites for hydroxylation is 2. The number of amides is 1. The molecule has 1 amide bonds. The number of sulfonamides is 1. The smallest absolute Gasteiger partial charge is 0.343 e. The van der Waals surface area contributed by atoms with Gasteiger partial charge in [-0.2, -0.15) is 0 Å². The number of carbonyl (C=O) groups excluding carboxylic acids is 4. The van der Waals surface area contributed by atoms with Gasteiger partial charge in [-0.3, -0.25) is 4.79 Å². The summed E-state index contributed by atoms with van der Waals surface area (Å²) in [6, 6.07) is 3.69. The number of ether oxygens (including phenoxy) is 3. The van der Waals surface area contributed by atoms with Crippen molar-refractivity contribution in [2.45, 2.75) is 18.7 Å². The molecule has 3 N–H and O–H groups in total. The Balaban J connectivity index is 2.20. The molecule has 0 unspecified atom stereocenters. The lowest BCUT2D eigenvalue weighted by molar-refractivity contribution is -0.119. The van der Waals surface area contributed by atoms with E-state index in [1.165, 1.54) is 32.0 Å². The second kappa shape index (κ2) is 9.62. The zero-order valence-electron chi connectivity index (χ0n) is 17.5. The maximum atomic E-state index is 12.4. The third kappa shape index (κ3) is 5.50. The lowest BCUT2D eigenvalue weighted by Gasteiger charge is -2.10. The Bertz CT molecular complexity index is 1160. The van der Waals surface area contributed by atoms with Gasteiger partial charge in [-0.1, -0.05) is 0 Å². The molecule has 0 saturated carbocycles. The van der Waals surface area contributed by atoms with Gasteiger partial charge in [0, 0.05) is 5.69 Å². The van der Waals surface area contributed by atoms with Crippen LogP contribution in [0.2, 0.25) is 0 Å². The molecule has 2 aromatic rings. The maximum absolute atomic E-state index is 12.4. The largest absolute Gasteiger partial charge is 0.465 e. The number of esters is 3. The first-order valence-corrected chi connectivity index (χ1v) is 10.3. The molecule has 0 aliphatic rings. The average molecular weight is 468 g/mol. The van der Waals surface area contributed by atoms with Crippen molar-refractivity contribution in [1.82, 2.24) is 0 Å². The second-order valence-electron chi connectivity index (χ2n) is 6.37. The van der Waals surface area contributed by atoms with E-state index in [2.05, 4.69) is 14.8 Å². The summed E-state index contributed by atoms with van der Waals surface area (Å²) in [6.07, 6.45) is 0. The molecule has 2 rings (SSSR count). The van der Waals surface area contributed by atoms with E-state index in [1.807, 2.05) is 0 Å². The summed E-state index contributed by atoms with van der Waals surface area (Å²) >= 11 is 0. The van der Waals surface area contributed by atoms with Gasteiger partial charge in [0.05, 0.1) is 25.3 Å². The normalized spacial score (nSPS) is 10.9. The van der Waals surface area contributed by atoms with Gasteiger partial charge in [-0.25, -0.2) is 27.9 Å². The molecule has 0 aliphatic carbocycles. The van der Waals surface area contributed by atoms with Crippen molar-refractivity contribution in [1.29, 1.82) is 0 Å². The van der Waals surface area contributed by atoms with E-state index in [0.29, 0.717) is 0 Å². The van der Waals surface area contributed by atoms with Crippen molar-refractivity contribution in [2.24, 2.45) is 5.14 Å². The van der Waals surface area contributed by atoms with Crippen LogP contribution in [0.3, 0.4) is 0 Å². The van der Waals surface area contributed by atoms with Gasteiger partial charge >= 0.3 is 17.9 Å². The Morgan fingerprint density at radius 1 is 0.938 bits per heavy atom. The quantitative estimate of drug-likeness (QED) is 0.438. The van der Waals surface area contributed by atoms with Gasteiger partial charge in [-0.05, 0) is 32.0 Å². The van der Waals surface area contributed by atoms with E-state index < -0.39 is 50.9 Å². The zero-order chi connectivity index (χ0) is 24.2. The summed E-state index contributed by atoms with van der Waals surface area (Å²) in [5.41, 5.74) is -0.469. The Labute approximate surface area is 182 Å². The summed E-state index contributed by atoms with van der Waals surface area (Å²) in [5.74, 6) is -3.66. The summed E-state index contributed by atoms with van der Waals surface area (Å²) in [5, 5.41) is 7.47. The van der Waals surface area contributed by atoms with E-state index in [9.17, 15) is 27.6 Å². The number of furan rings is 1. The van der Waals surface area contributed by atoms with Gasteiger partial charge in [-0.15, -0.1) is 0 Å². The molecule has 13 heteroatoms. The first-order valence-electron chi connectivity index (χ1n) is 8.80. The van der Waals surface area contributed by atoms with Crippen LogP contribution in [0.1, 0.15) is 42.6 Å². The highest BCUT2D eigenvalue weighted by molar-refractivity contribution is 7.89. The van der Waals surface area contributed by atoms with Crippen molar-refractivity contribution >= 4 is 39.5 Å². The topological polar surface area (TPSA) is 181 Å². The molecular weight excluding hydrogens is 448 g/mol. The van der Waals surface area contributed by atoms with Crippen LogP contribution >= 0.6 is 0 Å². The highest BCUT2D eigenvalue weighted by atomic mass is 32.2. The number of nitrogens with one attached hydrogen (secondary N) is 1. The molecule has 32 heavy (non-hydrogen) atoms. The second-order valence-corrected chi connectivity index (χ2v) is 7.87. The predicted molar refractivity (Wildman–Crippen MR) is 108 cm³/mol. The number of primary sulfonamides is 1. The Morgan fingerprint density at radius 3 is 1.94 bits per heavy atom. The highest BCUT2D eigenvalue weighted by Crippen LogP contribution is 2.26. The van der Waals surface area contributed by atoms with E-state index in [1.54, 1.807) is 0 Å². The molecule has 1 aromatic carbocycles. The first-order chi connectivity index (χ1) is 14.9. The first kappa shape index (κ1) is 24.6. The van der Waals surface area contributed by atoms with E-state index in [4.69, 9.17) is 14.3 Å². The van der Waals surface area contributed by atoms with Gasteiger partial charge in [0.25, 0.3) is 5.91 Å². The minimum atomic E-state index is -4.29. The number of carbonyl (C=O) groups is 4. The molecule has 12 nitrogen and oxygen atoms in total. The van der Waals surface area contributed by atoms with Gasteiger partial charge in [0.15, 0.2) is 6.61 Å². The van der Waals surface area contributed by atoms with Crippen LogP contribution in [0.15, 0.2) is 27.5 Å². The molecule has 0 spiro atoms. The fourth-order valence-corrected chi connectivity index (χ4v) is 3.77. The minimum Gasteiger partial charge on any atom is -0.465 e. The van der Waals surface area contributed by atoms with Crippen LogP contribution in [0.5, 0.6) is 0 Å². The van der Waals surface area contributed by atoms with Crippen molar-refractivity contribution in [3.05, 3.63) is 46.4 Å². The van der Waals surface area contributed by atoms with Crippen LogP contribution in [0, 0.1) is 13.8 Å². The molecule has 1 aromatic heterocycles. The van der Waals surface area contributed by atoms with Crippen LogP contribution in [-0.2, 0) is 29.0 Å². The number of rotatable bonds is 7. The zero-order valence-corrected chi connectivity index (χ0v) is 18.3. The summed E-state index contributed by atoms with van der Waals surface area (Å²) < 4.78 is 42.7. The number of methoxy groups -OCH3 is 2. The Hall–Kier alpha value is -3.71. The van der Waals surface area contributed by atoms with Crippen LogP contribution in [0.25, 0.3) is 0 Å². The molecule has 0 atom stereocenters. The van der Waals surface area contributed by atoms with Gasteiger partial charge in [0.1, 0.15) is 22.0 Å². The standard InChI is InChI=1S/C19H20N2O10S/c1-9-15(16(10(2)31-9)32(20,26)27)19(25)30-8-14(22)21-13-6-11(17(23)28-3)5-12(7-13)18(24)29-4/h5-7H,8H2,1-4H3,(H,21,22)(H2,20,26,27). The van der Waals surface area contributed by atoms with Crippen molar-refractivity contribution in [2.75, 3.05) is 26.1 Å². The highest BCUT2D eigenvalue weighted by Gasteiger charge is 2.30. The van der Waals surface area contributed by atoms with Crippen LogP contribution < -0.4 is 10.5 Å². The lowest BCUT2D eigenvalue weighted by atomic mass is 10.1. The summed E-state index contributed by atoms with van der Waals surface area (Å²) in [6.45, 7) is 1.83. The number of nitrogens with two attached hydrogens (primary N) is 1. The average Bonchev–Trinajstić information content (AvgIpc) is 3.04. The fourth-order valence-electron chi connectivity index (χ4n) is 2.81. The van der Waals surface area contributed by atoms with Gasteiger partial charge < -0.3 is 23.9 Å². The molecule has 0 radical (unpaired) electrons. The number of hydrogen-bond donors (Lipinski definition) is 2. The fraction of sp³-hybridized carbons (Fsp3) is 0.263. The third-order valence-electron chi connectivity index (χ3n) is 4.09. The summed E-state index contributed by atoms with van der Waals surface area (Å²) in [7, 11) is -2.01. The van der Waals surface area contributed by atoms with Crippen LogP contribution in [0.4, 0.5) is 5.69 Å². The van der Waals surface area contributed by atoms with Crippen molar-refractivity contribution < 1.29 is 46.2 Å². The number of anilines is 1. The SMILES string of the molecule is COC(=O)c1cc(NC(=O)COC(=O)c2c(C)oc(C)c2S(N)(=O)=O)cc(C(=O)OC)c1. The molecule has 0 bridgehead atoms. The molecule has 1 heterocycles. The summed E-state index contributed by atoms with van der Waals surface area (Å²) in [4.78, 5) is 47.7. The van der Waals surface area contributed by atoms with E-state index in [0.717, 1.165) is 14.2 Å². The third-order valence-corrected chi connectivity index (χ3v) is 5.15. The van der Waals surface area contributed by atoms with Gasteiger partial charge in [0.2, 0.25) is 10.0 Å². The molecule has 172 valence electrons.